The number of carbonyl (C=O) groups is 1. The Labute approximate surface area is 187 Å². The summed E-state index contributed by atoms with van der Waals surface area (Å²) in [4.78, 5) is 12.5. The van der Waals surface area contributed by atoms with Crippen molar-refractivity contribution in [3.63, 3.8) is 0 Å². The lowest BCUT2D eigenvalue weighted by Gasteiger charge is -2.28. The van der Waals surface area contributed by atoms with Gasteiger partial charge in [0, 0.05) is 18.7 Å². The van der Waals surface area contributed by atoms with Crippen molar-refractivity contribution in [2.45, 2.75) is 18.9 Å². The highest BCUT2D eigenvalue weighted by Gasteiger charge is 2.36. The average molecular weight is 459 g/mol. The second kappa shape index (κ2) is 11.1. The maximum Gasteiger partial charge on any atom is 0.408 e. The van der Waals surface area contributed by atoms with Crippen LogP contribution in [0.25, 0.3) is 0 Å². The van der Waals surface area contributed by atoms with Crippen LogP contribution in [0.1, 0.15) is 22.5 Å². The fourth-order valence-electron chi connectivity index (χ4n) is 2.94. The molecule has 0 heterocycles. The van der Waals surface area contributed by atoms with Gasteiger partial charge in [0.1, 0.15) is 12.4 Å². The van der Waals surface area contributed by atoms with Gasteiger partial charge in [0.25, 0.3) is 7.52 Å². The zero-order valence-electron chi connectivity index (χ0n) is 17.0. The van der Waals surface area contributed by atoms with Gasteiger partial charge in [-0.15, -0.1) is 0 Å². The highest BCUT2D eigenvalue weighted by Crippen LogP contribution is 2.54. The highest BCUT2D eigenvalue weighted by molar-refractivity contribution is 7.57. The number of ether oxygens (including phenoxy) is 1. The van der Waals surface area contributed by atoms with Crippen LogP contribution in [0.2, 0.25) is 5.02 Å². The van der Waals surface area contributed by atoms with Crippen molar-refractivity contribution in [3.8, 4) is 0 Å². The minimum atomic E-state index is -3.57. The Morgan fingerprint density at radius 1 is 0.935 bits per heavy atom. The standard InChI is InChI=1S/C23H24ClN2O4P/c1-29-31(28,25-16-18-8-4-2-5-9-18)22(20-12-14-21(24)15-13-20)26-23(27)30-17-19-10-6-3-7-11-19/h2-15,22H,16-17H2,1H3,(H,25,28)(H,26,27). The molecule has 6 nitrogen and oxygen atoms in total. The van der Waals surface area contributed by atoms with Gasteiger partial charge >= 0.3 is 6.09 Å². The maximum atomic E-state index is 13.7. The number of rotatable bonds is 9. The molecule has 3 aromatic carbocycles. The third kappa shape index (κ3) is 6.68. The van der Waals surface area contributed by atoms with Gasteiger partial charge < -0.3 is 14.6 Å². The van der Waals surface area contributed by atoms with E-state index in [1.54, 1.807) is 24.3 Å². The Morgan fingerprint density at radius 3 is 2.10 bits per heavy atom. The number of benzene rings is 3. The SMILES string of the molecule is COP(=O)(NCc1ccccc1)C(NC(=O)OCc1ccccc1)c1ccc(Cl)cc1. The van der Waals surface area contributed by atoms with E-state index in [1.807, 2.05) is 60.7 Å². The lowest BCUT2D eigenvalue weighted by molar-refractivity contribution is 0.137. The topological polar surface area (TPSA) is 76.7 Å². The predicted molar refractivity (Wildman–Crippen MR) is 122 cm³/mol. The van der Waals surface area contributed by atoms with Crippen LogP contribution < -0.4 is 10.4 Å². The minimum Gasteiger partial charge on any atom is -0.445 e. The van der Waals surface area contributed by atoms with E-state index in [-0.39, 0.29) is 6.61 Å². The molecule has 8 heteroatoms. The smallest absolute Gasteiger partial charge is 0.408 e. The number of halogens is 1. The molecule has 162 valence electrons. The monoisotopic (exact) mass is 458 g/mol. The number of nitrogens with one attached hydrogen (secondary N) is 2. The van der Waals surface area contributed by atoms with Crippen molar-refractivity contribution in [2.75, 3.05) is 7.11 Å². The van der Waals surface area contributed by atoms with Gasteiger partial charge in [-0.05, 0) is 28.8 Å². The second-order valence-electron chi connectivity index (χ2n) is 6.76. The molecule has 0 saturated carbocycles. The fraction of sp³-hybridized carbons (Fsp3) is 0.174. The zero-order valence-corrected chi connectivity index (χ0v) is 18.7. The molecule has 0 aliphatic rings. The fourth-order valence-corrected chi connectivity index (χ4v) is 4.84. The molecular weight excluding hydrogens is 435 g/mol. The molecule has 0 fully saturated rings. The summed E-state index contributed by atoms with van der Waals surface area (Å²) < 4.78 is 24.5. The van der Waals surface area contributed by atoms with Crippen LogP contribution in [0.4, 0.5) is 4.79 Å². The van der Waals surface area contributed by atoms with Gasteiger partial charge in [-0.25, -0.2) is 9.88 Å². The summed E-state index contributed by atoms with van der Waals surface area (Å²) in [6.07, 6.45) is -0.706. The molecular formula is C23H24ClN2O4P. The Hall–Kier alpha value is -2.63. The second-order valence-corrected chi connectivity index (χ2v) is 9.59. The first kappa shape index (κ1) is 23.0. The van der Waals surface area contributed by atoms with Crippen LogP contribution in [0.15, 0.2) is 84.9 Å². The molecule has 0 spiro atoms. The molecule has 2 atom stereocenters. The molecule has 1 amide bonds. The summed E-state index contributed by atoms with van der Waals surface area (Å²) >= 11 is 6.00. The molecule has 0 aliphatic carbocycles. The lowest BCUT2D eigenvalue weighted by Crippen LogP contribution is -2.32. The van der Waals surface area contributed by atoms with E-state index < -0.39 is 19.4 Å². The molecule has 2 unspecified atom stereocenters. The van der Waals surface area contributed by atoms with E-state index in [2.05, 4.69) is 10.4 Å². The number of amides is 1. The van der Waals surface area contributed by atoms with Crippen LogP contribution in [-0.4, -0.2) is 13.2 Å². The van der Waals surface area contributed by atoms with Crippen LogP contribution in [0, 0.1) is 0 Å². The van der Waals surface area contributed by atoms with Crippen molar-refractivity contribution in [1.29, 1.82) is 0 Å². The first-order valence-corrected chi connectivity index (χ1v) is 11.7. The molecule has 0 radical (unpaired) electrons. The largest absolute Gasteiger partial charge is 0.445 e. The van der Waals surface area contributed by atoms with E-state index in [0.717, 1.165) is 11.1 Å². The van der Waals surface area contributed by atoms with Gasteiger partial charge in [-0.2, -0.15) is 0 Å². The summed E-state index contributed by atoms with van der Waals surface area (Å²) in [5.41, 5.74) is 2.35. The van der Waals surface area contributed by atoms with Crippen molar-refractivity contribution in [1.82, 2.24) is 10.4 Å². The van der Waals surface area contributed by atoms with Gasteiger partial charge in [0.15, 0.2) is 0 Å². The quantitative estimate of drug-likeness (QED) is 0.391. The molecule has 0 saturated heterocycles. The van der Waals surface area contributed by atoms with Crippen molar-refractivity contribution in [3.05, 3.63) is 107 Å². The predicted octanol–water partition coefficient (Wildman–Crippen LogP) is 5.89. The van der Waals surface area contributed by atoms with E-state index in [0.29, 0.717) is 17.1 Å². The van der Waals surface area contributed by atoms with Crippen LogP contribution in [0.5, 0.6) is 0 Å². The number of hydrogen-bond donors (Lipinski definition) is 2. The molecule has 3 aromatic rings. The van der Waals surface area contributed by atoms with E-state index in [4.69, 9.17) is 20.9 Å². The molecule has 0 aromatic heterocycles. The highest BCUT2D eigenvalue weighted by atomic mass is 35.5. The molecule has 0 aliphatic heterocycles. The lowest BCUT2D eigenvalue weighted by atomic mass is 10.2. The van der Waals surface area contributed by atoms with Crippen LogP contribution in [-0.2, 0) is 27.0 Å². The van der Waals surface area contributed by atoms with Crippen molar-refractivity contribution in [2.24, 2.45) is 0 Å². The van der Waals surface area contributed by atoms with Gasteiger partial charge in [-0.1, -0.05) is 84.4 Å². The minimum absolute atomic E-state index is 0.0920. The first-order chi connectivity index (χ1) is 15.0. The molecule has 2 N–H and O–H groups in total. The summed E-state index contributed by atoms with van der Waals surface area (Å²) in [6, 6.07) is 25.5. The third-order valence-electron chi connectivity index (χ3n) is 4.61. The first-order valence-electron chi connectivity index (χ1n) is 9.67. The van der Waals surface area contributed by atoms with Crippen LogP contribution >= 0.6 is 19.1 Å². The van der Waals surface area contributed by atoms with Gasteiger partial charge in [-0.3, -0.25) is 4.57 Å². The third-order valence-corrected chi connectivity index (χ3v) is 7.11. The van der Waals surface area contributed by atoms with E-state index in [9.17, 15) is 9.36 Å². The molecule has 3 rings (SSSR count). The number of hydrogen-bond acceptors (Lipinski definition) is 4. The van der Waals surface area contributed by atoms with Gasteiger partial charge in [0.05, 0.1) is 0 Å². The molecule has 0 bridgehead atoms. The Balaban J connectivity index is 1.77. The zero-order chi connectivity index (χ0) is 22.1. The normalized spacial score (nSPS) is 13.7. The Morgan fingerprint density at radius 2 is 1.52 bits per heavy atom. The maximum absolute atomic E-state index is 13.7. The van der Waals surface area contributed by atoms with Gasteiger partial charge in [0.2, 0.25) is 0 Å². The van der Waals surface area contributed by atoms with E-state index >= 15 is 0 Å². The number of alkyl carbamates (subject to hydrolysis) is 1. The summed E-state index contributed by atoms with van der Waals surface area (Å²) in [7, 11) is -2.22. The Kier molecular flexibility index (Phi) is 8.27. The summed E-state index contributed by atoms with van der Waals surface area (Å²) in [5, 5.41) is 6.21. The Bertz CT molecular complexity index is 1020. The van der Waals surface area contributed by atoms with Crippen molar-refractivity contribution >= 4 is 25.2 Å². The van der Waals surface area contributed by atoms with Crippen molar-refractivity contribution < 1.29 is 18.6 Å². The average Bonchev–Trinajstić information content (AvgIpc) is 2.82. The summed E-state index contributed by atoms with van der Waals surface area (Å²) in [5.74, 6) is -0.971. The summed E-state index contributed by atoms with van der Waals surface area (Å²) in [6.45, 7) is 0.394. The number of carbonyl (C=O) groups excluding carboxylic acids is 1. The van der Waals surface area contributed by atoms with E-state index in [1.165, 1.54) is 7.11 Å². The van der Waals surface area contributed by atoms with Crippen LogP contribution in [0.3, 0.4) is 0 Å². The molecule has 31 heavy (non-hydrogen) atoms.